The summed E-state index contributed by atoms with van der Waals surface area (Å²) < 4.78 is 0. The monoisotopic (exact) mass is 205 g/mol. The summed E-state index contributed by atoms with van der Waals surface area (Å²) in [7, 11) is 2.10. The molecule has 0 spiro atoms. The lowest BCUT2D eigenvalue weighted by molar-refractivity contribution is 0.101. The van der Waals surface area contributed by atoms with Gasteiger partial charge in [0, 0.05) is 12.1 Å². The molecule has 2 heteroatoms. The number of carbonyl (C=O) groups is 1. The van der Waals surface area contributed by atoms with E-state index in [-0.39, 0.29) is 5.78 Å². The number of aryl methyl sites for hydroxylation is 1. The van der Waals surface area contributed by atoms with Crippen LogP contribution in [0, 0.1) is 6.92 Å². The number of hydrogen-bond donors (Lipinski definition) is 0. The third kappa shape index (κ3) is 3.17. The number of nitrogens with zero attached hydrogens (tertiary/aromatic N) is 1. The van der Waals surface area contributed by atoms with Gasteiger partial charge in [-0.2, -0.15) is 0 Å². The Labute approximate surface area is 91.9 Å². The minimum absolute atomic E-state index is 0.133. The third-order valence-corrected chi connectivity index (χ3v) is 2.73. The van der Waals surface area contributed by atoms with E-state index in [0.29, 0.717) is 0 Å². The fourth-order valence-electron chi connectivity index (χ4n) is 1.49. The molecular formula is C13H19NO. The summed E-state index contributed by atoms with van der Waals surface area (Å²) >= 11 is 0. The van der Waals surface area contributed by atoms with Crippen LogP contribution in [0.3, 0.4) is 0 Å². The molecule has 0 saturated heterocycles. The van der Waals surface area contributed by atoms with Crippen molar-refractivity contribution < 1.29 is 4.79 Å². The van der Waals surface area contributed by atoms with Crippen LogP contribution >= 0.6 is 0 Å². The van der Waals surface area contributed by atoms with E-state index in [1.165, 1.54) is 11.1 Å². The van der Waals surface area contributed by atoms with Crippen molar-refractivity contribution in [3.63, 3.8) is 0 Å². The van der Waals surface area contributed by atoms with Crippen molar-refractivity contribution in [3.05, 3.63) is 34.9 Å². The molecule has 0 aliphatic rings. The Morgan fingerprint density at radius 3 is 2.53 bits per heavy atom. The van der Waals surface area contributed by atoms with Crippen molar-refractivity contribution in [2.24, 2.45) is 0 Å². The van der Waals surface area contributed by atoms with Crippen molar-refractivity contribution in [1.82, 2.24) is 4.90 Å². The molecule has 0 aromatic heterocycles. The van der Waals surface area contributed by atoms with Crippen LogP contribution in [-0.4, -0.2) is 24.3 Å². The molecule has 2 nitrogen and oxygen atoms in total. The van der Waals surface area contributed by atoms with Crippen LogP contribution < -0.4 is 0 Å². The zero-order valence-electron chi connectivity index (χ0n) is 10.0. The van der Waals surface area contributed by atoms with Crippen LogP contribution in [0.2, 0.25) is 0 Å². The quantitative estimate of drug-likeness (QED) is 0.704. The zero-order chi connectivity index (χ0) is 11.4. The summed E-state index contributed by atoms with van der Waals surface area (Å²) in [4.78, 5) is 13.4. The highest BCUT2D eigenvalue weighted by Crippen LogP contribution is 2.13. The average Bonchev–Trinajstić information content (AvgIpc) is 2.20. The van der Waals surface area contributed by atoms with Gasteiger partial charge in [0.05, 0.1) is 0 Å². The second kappa shape index (κ2) is 5.08. The molecule has 0 amide bonds. The minimum atomic E-state index is 0.133. The van der Waals surface area contributed by atoms with Crippen LogP contribution in [-0.2, 0) is 6.54 Å². The van der Waals surface area contributed by atoms with E-state index in [9.17, 15) is 4.79 Å². The first-order valence-electron chi connectivity index (χ1n) is 5.33. The van der Waals surface area contributed by atoms with Crippen molar-refractivity contribution in [1.29, 1.82) is 0 Å². The van der Waals surface area contributed by atoms with Gasteiger partial charge in [-0.25, -0.2) is 0 Å². The second-order valence-corrected chi connectivity index (χ2v) is 4.03. The highest BCUT2D eigenvalue weighted by Gasteiger charge is 2.04. The maximum atomic E-state index is 11.2. The van der Waals surface area contributed by atoms with Gasteiger partial charge < -0.3 is 4.90 Å². The van der Waals surface area contributed by atoms with E-state index >= 15 is 0 Å². The largest absolute Gasteiger partial charge is 0.302 e. The van der Waals surface area contributed by atoms with Gasteiger partial charge in [-0.05, 0) is 44.6 Å². The van der Waals surface area contributed by atoms with Gasteiger partial charge in [-0.1, -0.05) is 19.1 Å². The van der Waals surface area contributed by atoms with Crippen LogP contribution in [0.15, 0.2) is 18.2 Å². The molecule has 1 aromatic carbocycles. The van der Waals surface area contributed by atoms with Gasteiger partial charge in [0.15, 0.2) is 5.78 Å². The van der Waals surface area contributed by atoms with E-state index in [4.69, 9.17) is 0 Å². The fourth-order valence-corrected chi connectivity index (χ4v) is 1.49. The second-order valence-electron chi connectivity index (χ2n) is 4.03. The summed E-state index contributed by atoms with van der Waals surface area (Å²) in [5.74, 6) is 0.133. The Hall–Kier alpha value is -1.15. The lowest BCUT2D eigenvalue weighted by Gasteiger charge is -2.15. The van der Waals surface area contributed by atoms with E-state index in [1.807, 2.05) is 12.1 Å². The molecule has 0 radical (unpaired) electrons. The van der Waals surface area contributed by atoms with Gasteiger partial charge in [0.1, 0.15) is 0 Å². The Morgan fingerprint density at radius 1 is 1.40 bits per heavy atom. The molecule has 0 heterocycles. The Balaban J connectivity index is 2.88. The number of Topliss-reactive ketones (excluding diaryl/α,β-unsaturated/α-hetero) is 1. The van der Waals surface area contributed by atoms with Crippen LogP contribution in [0.5, 0.6) is 0 Å². The maximum absolute atomic E-state index is 11.2. The SMILES string of the molecule is CCN(C)Cc1ccc(C(C)=O)cc1C. The molecular weight excluding hydrogens is 186 g/mol. The van der Waals surface area contributed by atoms with Crippen LogP contribution in [0.25, 0.3) is 0 Å². The van der Waals surface area contributed by atoms with E-state index in [1.54, 1.807) is 6.92 Å². The molecule has 0 saturated carbocycles. The first kappa shape index (κ1) is 11.9. The first-order valence-corrected chi connectivity index (χ1v) is 5.33. The molecule has 0 N–H and O–H groups in total. The van der Waals surface area contributed by atoms with E-state index in [2.05, 4.69) is 31.9 Å². The van der Waals surface area contributed by atoms with Gasteiger partial charge in [0.2, 0.25) is 0 Å². The molecule has 1 aromatic rings. The minimum Gasteiger partial charge on any atom is -0.302 e. The Bertz CT molecular complexity index is 358. The standard InChI is InChI=1S/C13H19NO/c1-5-14(4)9-13-7-6-12(11(3)15)8-10(13)2/h6-8H,5,9H2,1-4H3. The molecule has 1 rings (SSSR count). The summed E-state index contributed by atoms with van der Waals surface area (Å²) in [6.45, 7) is 7.78. The molecule has 15 heavy (non-hydrogen) atoms. The molecule has 0 bridgehead atoms. The Morgan fingerprint density at radius 2 is 2.07 bits per heavy atom. The van der Waals surface area contributed by atoms with Gasteiger partial charge in [-0.3, -0.25) is 4.79 Å². The molecule has 0 atom stereocenters. The number of benzene rings is 1. The predicted molar refractivity (Wildman–Crippen MR) is 63.2 cm³/mol. The average molecular weight is 205 g/mol. The number of rotatable bonds is 4. The summed E-state index contributed by atoms with van der Waals surface area (Å²) in [6, 6.07) is 5.94. The Kier molecular flexibility index (Phi) is 4.04. The van der Waals surface area contributed by atoms with Gasteiger partial charge >= 0.3 is 0 Å². The number of carbonyl (C=O) groups excluding carboxylic acids is 1. The summed E-state index contributed by atoms with van der Waals surface area (Å²) in [6.07, 6.45) is 0. The zero-order valence-corrected chi connectivity index (χ0v) is 10.0. The van der Waals surface area contributed by atoms with Gasteiger partial charge in [-0.15, -0.1) is 0 Å². The molecule has 0 unspecified atom stereocenters. The van der Waals surface area contributed by atoms with Crippen molar-refractivity contribution in [2.45, 2.75) is 27.3 Å². The molecule has 0 aliphatic carbocycles. The summed E-state index contributed by atoms with van der Waals surface area (Å²) in [5, 5.41) is 0. The van der Waals surface area contributed by atoms with Crippen molar-refractivity contribution in [2.75, 3.05) is 13.6 Å². The highest BCUT2D eigenvalue weighted by molar-refractivity contribution is 5.94. The number of hydrogen-bond acceptors (Lipinski definition) is 2. The van der Waals surface area contributed by atoms with Crippen LogP contribution in [0.1, 0.15) is 35.3 Å². The third-order valence-electron chi connectivity index (χ3n) is 2.73. The maximum Gasteiger partial charge on any atom is 0.159 e. The highest BCUT2D eigenvalue weighted by atomic mass is 16.1. The van der Waals surface area contributed by atoms with Crippen molar-refractivity contribution in [3.8, 4) is 0 Å². The molecule has 82 valence electrons. The molecule has 0 aliphatic heterocycles. The fraction of sp³-hybridized carbons (Fsp3) is 0.462. The van der Waals surface area contributed by atoms with E-state index in [0.717, 1.165) is 18.7 Å². The van der Waals surface area contributed by atoms with Crippen LogP contribution in [0.4, 0.5) is 0 Å². The van der Waals surface area contributed by atoms with Crippen molar-refractivity contribution >= 4 is 5.78 Å². The first-order chi connectivity index (χ1) is 7.04. The van der Waals surface area contributed by atoms with Gasteiger partial charge in [0.25, 0.3) is 0 Å². The predicted octanol–water partition coefficient (Wildman–Crippen LogP) is 2.65. The summed E-state index contributed by atoms with van der Waals surface area (Å²) in [5.41, 5.74) is 3.29. The lowest BCUT2D eigenvalue weighted by atomic mass is 10.0. The van der Waals surface area contributed by atoms with E-state index < -0.39 is 0 Å². The lowest BCUT2D eigenvalue weighted by Crippen LogP contribution is -2.17. The molecule has 0 fully saturated rings. The smallest absolute Gasteiger partial charge is 0.159 e. The normalized spacial score (nSPS) is 10.7. The topological polar surface area (TPSA) is 20.3 Å². The number of ketones is 1.